The molecule has 7 rings (SSSR count). The summed E-state index contributed by atoms with van der Waals surface area (Å²) in [5.41, 5.74) is 4.80. The summed E-state index contributed by atoms with van der Waals surface area (Å²) in [5, 5.41) is 11.3. The molecule has 164 valence electrons. The average Bonchev–Trinajstić information content (AvgIpc) is 3.43. The molecule has 0 bridgehead atoms. The van der Waals surface area contributed by atoms with E-state index in [0.29, 0.717) is 40.8 Å². The number of esters is 1. The van der Waals surface area contributed by atoms with Gasteiger partial charge in [-0.3, -0.25) is 4.79 Å². The molecule has 1 saturated carbocycles. The lowest BCUT2D eigenvalue weighted by molar-refractivity contribution is -0.157. The molecule has 4 aliphatic rings. The van der Waals surface area contributed by atoms with Crippen LogP contribution < -0.4 is 15.0 Å². The number of nitrogens with zero attached hydrogens (tertiary/aromatic N) is 2. The van der Waals surface area contributed by atoms with Crippen molar-refractivity contribution in [2.45, 2.75) is 51.9 Å². The Bertz CT molecular complexity index is 1370. The standard InChI is InChI=1S/C22H16N2O6.C2H6/c25-20-10-3-15-19-12(6-24(15)21(26)13(10)7-28-22(20)27)18(9-1-2-9)11-4-16-17(30-8-29-16)5-14(11)23-19;1-2/h3-5,9,20,25H,1-2,6-8H2;1-2H3. The van der Waals surface area contributed by atoms with Gasteiger partial charge in [0, 0.05) is 22.6 Å². The van der Waals surface area contributed by atoms with Gasteiger partial charge >= 0.3 is 5.97 Å². The first-order valence-electron chi connectivity index (χ1n) is 11.0. The fourth-order valence-electron chi connectivity index (χ4n) is 4.89. The number of rotatable bonds is 1. The van der Waals surface area contributed by atoms with Crippen LogP contribution in [0.2, 0.25) is 0 Å². The van der Waals surface area contributed by atoms with Crippen LogP contribution in [0.3, 0.4) is 0 Å². The van der Waals surface area contributed by atoms with E-state index >= 15 is 0 Å². The van der Waals surface area contributed by atoms with E-state index in [0.717, 1.165) is 35.0 Å². The Balaban J connectivity index is 0.000000953. The molecule has 1 atom stereocenters. The van der Waals surface area contributed by atoms with Crippen LogP contribution in [-0.4, -0.2) is 27.4 Å². The summed E-state index contributed by atoms with van der Waals surface area (Å²) in [6.45, 7) is 4.50. The van der Waals surface area contributed by atoms with E-state index in [4.69, 9.17) is 19.2 Å². The van der Waals surface area contributed by atoms with Gasteiger partial charge in [0.1, 0.15) is 6.61 Å². The van der Waals surface area contributed by atoms with E-state index < -0.39 is 12.1 Å². The number of aliphatic hydroxyl groups is 1. The molecular formula is C24H22N2O6. The van der Waals surface area contributed by atoms with Crippen molar-refractivity contribution in [1.29, 1.82) is 0 Å². The Morgan fingerprint density at radius 2 is 1.78 bits per heavy atom. The van der Waals surface area contributed by atoms with E-state index in [-0.39, 0.29) is 19.0 Å². The van der Waals surface area contributed by atoms with Crippen LogP contribution in [0.25, 0.3) is 22.3 Å². The van der Waals surface area contributed by atoms with E-state index in [1.54, 1.807) is 10.6 Å². The minimum Gasteiger partial charge on any atom is -0.458 e. The van der Waals surface area contributed by atoms with Crippen molar-refractivity contribution in [3.8, 4) is 22.9 Å². The molecule has 0 radical (unpaired) electrons. The van der Waals surface area contributed by atoms with Crippen LogP contribution in [0.4, 0.5) is 0 Å². The maximum Gasteiger partial charge on any atom is 0.340 e. The predicted octanol–water partition coefficient (Wildman–Crippen LogP) is 3.15. The smallest absolute Gasteiger partial charge is 0.340 e. The van der Waals surface area contributed by atoms with Gasteiger partial charge in [0.2, 0.25) is 6.79 Å². The quantitative estimate of drug-likeness (QED) is 0.460. The number of pyridine rings is 2. The number of hydrogen-bond acceptors (Lipinski definition) is 7. The van der Waals surface area contributed by atoms with Gasteiger partial charge in [-0.2, -0.15) is 0 Å². The first kappa shape index (κ1) is 19.3. The van der Waals surface area contributed by atoms with Gasteiger partial charge in [0.25, 0.3) is 5.56 Å². The molecule has 1 aromatic carbocycles. The van der Waals surface area contributed by atoms with Gasteiger partial charge < -0.3 is 23.9 Å². The normalized spacial score (nSPS) is 19.6. The number of aliphatic hydroxyl groups excluding tert-OH is 1. The second-order valence-corrected chi connectivity index (χ2v) is 8.21. The van der Waals surface area contributed by atoms with Crippen LogP contribution in [0.15, 0.2) is 23.0 Å². The Kier molecular flexibility index (Phi) is 4.10. The van der Waals surface area contributed by atoms with Crippen LogP contribution in [0.1, 0.15) is 61.0 Å². The molecular weight excluding hydrogens is 412 g/mol. The van der Waals surface area contributed by atoms with Crippen molar-refractivity contribution >= 4 is 16.9 Å². The van der Waals surface area contributed by atoms with Crippen molar-refractivity contribution in [3.05, 3.63) is 50.8 Å². The third-order valence-corrected chi connectivity index (χ3v) is 6.48. The minimum absolute atomic E-state index is 0.118. The fraction of sp³-hybridized carbons (Fsp3) is 0.375. The molecule has 3 aliphatic heterocycles. The van der Waals surface area contributed by atoms with Gasteiger partial charge in [0.05, 0.1) is 29.0 Å². The number of carbonyl (C=O) groups excluding carboxylic acids is 1. The average molecular weight is 434 g/mol. The molecule has 1 N–H and O–H groups in total. The lowest BCUT2D eigenvalue weighted by Crippen LogP contribution is -2.32. The molecule has 1 unspecified atom stereocenters. The van der Waals surface area contributed by atoms with Gasteiger partial charge in [-0.15, -0.1) is 0 Å². The highest BCUT2D eigenvalue weighted by Gasteiger charge is 2.37. The minimum atomic E-state index is -1.45. The maximum atomic E-state index is 13.2. The number of benzene rings is 1. The van der Waals surface area contributed by atoms with Crippen molar-refractivity contribution in [2.75, 3.05) is 6.79 Å². The molecule has 1 aliphatic carbocycles. The summed E-state index contributed by atoms with van der Waals surface area (Å²) in [7, 11) is 0. The van der Waals surface area contributed by atoms with Crippen LogP contribution in [-0.2, 0) is 22.7 Å². The molecule has 1 fully saturated rings. The van der Waals surface area contributed by atoms with Gasteiger partial charge in [-0.1, -0.05) is 13.8 Å². The molecule has 32 heavy (non-hydrogen) atoms. The number of fused-ring (bicyclic) bond motifs is 6. The highest BCUT2D eigenvalue weighted by Crippen LogP contribution is 2.50. The topological polar surface area (TPSA) is 99.9 Å². The SMILES string of the molecule is CC.O=C1OCc2c(cc3n(c2=O)Cc2c-3nc3cc4c(cc3c2C2CC2)OCO4)C1O. The van der Waals surface area contributed by atoms with Crippen molar-refractivity contribution < 1.29 is 24.1 Å². The molecule has 0 spiro atoms. The molecule has 5 heterocycles. The molecule has 8 heteroatoms. The first-order valence-corrected chi connectivity index (χ1v) is 11.0. The number of cyclic esters (lactones) is 1. The first-order chi connectivity index (χ1) is 15.6. The summed E-state index contributed by atoms with van der Waals surface area (Å²) < 4.78 is 17.7. The van der Waals surface area contributed by atoms with Crippen LogP contribution in [0.5, 0.6) is 11.5 Å². The van der Waals surface area contributed by atoms with Crippen molar-refractivity contribution in [2.24, 2.45) is 0 Å². The van der Waals surface area contributed by atoms with Crippen LogP contribution in [0, 0.1) is 0 Å². The summed E-state index contributed by atoms with van der Waals surface area (Å²) in [6, 6.07) is 5.59. The second kappa shape index (κ2) is 6.80. The summed E-state index contributed by atoms with van der Waals surface area (Å²) in [5.74, 6) is 1.08. The number of ether oxygens (including phenoxy) is 3. The zero-order valence-corrected chi connectivity index (χ0v) is 17.8. The van der Waals surface area contributed by atoms with Gasteiger partial charge in [-0.05, 0) is 36.5 Å². The summed E-state index contributed by atoms with van der Waals surface area (Å²) >= 11 is 0. The molecule has 2 aromatic heterocycles. The monoisotopic (exact) mass is 434 g/mol. The molecule has 3 aromatic rings. The third-order valence-electron chi connectivity index (χ3n) is 6.48. The van der Waals surface area contributed by atoms with Crippen molar-refractivity contribution in [3.63, 3.8) is 0 Å². The Morgan fingerprint density at radius 1 is 1.03 bits per heavy atom. The Hall–Kier alpha value is -3.39. The summed E-state index contributed by atoms with van der Waals surface area (Å²) in [4.78, 5) is 29.9. The molecule has 0 amide bonds. The van der Waals surface area contributed by atoms with Gasteiger partial charge in [-0.25, -0.2) is 9.78 Å². The lowest BCUT2D eigenvalue weighted by Gasteiger charge is -2.21. The predicted molar refractivity (Wildman–Crippen MR) is 115 cm³/mol. The second-order valence-electron chi connectivity index (χ2n) is 8.21. The van der Waals surface area contributed by atoms with E-state index in [2.05, 4.69) is 0 Å². The fourth-order valence-corrected chi connectivity index (χ4v) is 4.89. The number of hydrogen-bond donors (Lipinski definition) is 1. The zero-order valence-electron chi connectivity index (χ0n) is 17.8. The maximum absolute atomic E-state index is 13.2. The highest BCUT2D eigenvalue weighted by molar-refractivity contribution is 5.91. The number of aromatic nitrogens is 2. The van der Waals surface area contributed by atoms with E-state index in [1.165, 1.54) is 5.56 Å². The zero-order chi connectivity index (χ0) is 22.1. The highest BCUT2D eigenvalue weighted by atomic mass is 16.7. The molecule has 8 nitrogen and oxygen atoms in total. The lowest BCUT2D eigenvalue weighted by atomic mass is 9.96. The summed E-state index contributed by atoms with van der Waals surface area (Å²) in [6.07, 6.45) is 0.750. The Labute approximate surface area is 183 Å². The van der Waals surface area contributed by atoms with Crippen LogP contribution >= 0.6 is 0 Å². The third kappa shape index (κ3) is 2.56. The van der Waals surface area contributed by atoms with Gasteiger partial charge in [0.15, 0.2) is 17.6 Å². The number of carbonyl (C=O) groups is 1. The van der Waals surface area contributed by atoms with Crippen molar-refractivity contribution in [1.82, 2.24) is 9.55 Å². The molecule has 0 saturated heterocycles. The van der Waals surface area contributed by atoms with E-state index in [1.807, 2.05) is 26.0 Å². The largest absolute Gasteiger partial charge is 0.458 e. The van der Waals surface area contributed by atoms with E-state index in [9.17, 15) is 14.7 Å². The Morgan fingerprint density at radius 3 is 2.53 bits per heavy atom.